The summed E-state index contributed by atoms with van der Waals surface area (Å²) in [6, 6.07) is 9.34. The van der Waals surface area contributed by atoms with E-state index in [0.717, 1.165) is 10.9 Å². The van der Waals surface area contributed by atoms with E-state index < -0.39 is 5.60 Å². The van der Waals surface area contributed by atoms with Gasteiger partial charge in [-0.1, -0.05) is 6.07 Å². The van der Waals surface area contributed by atoms with E-state index >= 15 is 0 Å². The monoisotopic (exact) mass is 465 g/mol. The van der Waals surface area contributed by atoms with E-state index in [9.17, 15) is 10.4 Å². The van der Waals surface area contributed by atoms with Gasteiger partial charge in [0.25, 0.3) is 0 Å². The Morgan fingerprint density at radius 3 is 2.68 bits per heavy atom. The van der Waals surface area contributed by atoms with Crippen LogP contribution in [0.15, 0.2) is 30.5 Å². The molecular weight excluding hydrogens is 438 g/mol. The summed E-state index contributed by atoms with van der Waals surface area (Å²) in [6.45, 7) is 5.38. The van der Waals surface area contributed by atoms with Gasteiger partial charge in [0.1, 0.15) is 35.4 Å². The van der Waals surface area contributed by atoms with Crippen LogP contribution in [-0.4, -0.2) is 65.4 Å². The number of aromatic nitrogens is 3. The first kappa shape index (κ1) is 22.6. The number of nitrogens with one attached hydrogen (secondary N) is 1. The van der Waals surface area contributed by atoms with Crippen LogP contribution in [-0.2, 0) is 19.8 Å². The van der Waals surface area contributed by atoms with Crippen molar-refractivity contribution in [2.45, 2.75) is 37.7 Å². The van der Waals surface area contributed by atoms with Gasteiger partial charge in [0.05, 0.1) is 43.8 Å². The number of methoxy groups -OCH3 is 1. The highest BCUT2D eigenvalue weighted by molar-refractivity contribution is 5.80. The number of fused-ring (bicyclic) bond motifs is 1. The SMILES string of the molecule is CO[C@H]1COC[C@H]1n1c(C#N)cc2cnc(Nc3ccc(C(C)(C)O)cc3OC3COC3)nc21. The number of rotatable bonds is 7. The molecule has 34 heavy (non-hydrogen) atoms. The molecule has 0 aliphatic carbocycles. The standard InChI is InChI=1S/C24H27N5O5/c1-24(2,30)15-4-5-18(20(7-15)34-17-10-32-11-17)27-23-26-9-14-6-16(8-25)29(22(14)28-23)19-12-33-13-21(19)31-3/h4-7,9,17,19,21,30H,10-13H2,1-3H3,(H,26,27,28)/t19-,21+/m1/s1. The molecule has 5 rings (SSSR count). The van der Waals surface area contributed by atoms with Gasteiger partial charge in [-0.25, -0.2) is 4.98 Å². The fourth-order valence-electron chi connectivity index (χ4n) is 4.16. The van der Waals surface area contributed by atoms with Crippen LogP contribution in [0.5, 0.6) is 5.75 Å². The van der Waals surface area contributed by atoms with Gasteiger partial charge in [-0.05, 0) is 37.6 Å². The molecule has 0 amide bonds. The second-order valence-corrected chi connectivity index (χ2v) is 9.04. The topological polar surface area (TPSA) is 124 Å². The fraction of sp³-hybridized carbons (Fsp3) is 0.458. The van der Waals surface area contributed by atoms with E-state index in [1.807, 2.05) is 22.8 Å². The lowest BCUT2D eigenvalue weighted by atomic mass is 9.98. The summed E-state index contributed by atoms with van der Waals surface area (Å²) in [4.78, 5) is 9.17. The van der Waals surface area contributed by atoms with Gasteiger partial charge in [0.15, 0.2) is 0 Å². The average molecular weight is 466 g/mol. The first-order valence-corrected chi connectivity index (χ1v) is 11.1. The van der Waals surface area contributed by atoms with Gasteiger partial charge in [0.2, 0.25) is 5.95 Å². The van der Waals surface area contributed by atoms with Crippen molar-refractivity contribution in [2.75, 3.05) is 38.9 Å². The van der Waals surface area contributed by atoms with Crippen molar-refractivity contribution in [2.24, 2.45) is 0 Å². The number of ether oxygens (including phenoxy) is 4. The van der Waals surface area contributed by atoms with Crippen LogP contribution in [0.4, 0.5) is 11.6 Å². The maximum absolute atomic E-state index is 10.4. The molecule has 178 valence electrons. The van der Waals surface area contributed by atoms with E-state index in [1.165, 1.54) is 0 Å². The molecule has 10 heteroatoms. The molecule has 0 unspecified atom stereocenters. The van der Waals surface area contributed by atoms with Gasteiger partial charge in [-0.2, -0.15) is 10.2 Å². The Labute approximate surface area is 197 Å². The molecule has 0 saturated carbocycles. The van der Waals surface area contributed by atoms with E-state index in [-0.39, 0.29) is 18.2 Å². The van der Waals surface area contributed by atoms with Crippen LogP contribution >= 0.6 is 0 Å². The first-order valence-electron chi connectivity index (χ1n) is 11.1. The maximum atomic E-state index is 10.4. The summed E-state index contributed by atoms with van der Waals surface area (Å²) in [5.74, 6) is 0.934. The fourth-order valence-corrected chi connectivity index (χ4v) is 4.16. The number of aliphatic hydroxyl groups is 1. The summed E-state index contributed by atoms with van der Waals surface area (Å²) in [7, 11) is 1.64. The zero-order chi connectivity index (χ0) is 23.9. The zero-order valence-corrected chi connectivity index (χ0v) is 19.3. The molecular formula is C24H27N5O5. The minimum atomic E-state index is -1.02. The van der Waals surface area contributed by atoms with Gasteiger partial charge in [-0.15, -0.1) is 0 Å². The third-order valence-corrected chi connectivity index (χ3v) is 6.16. The van der Waals surface area contributed by atoms with Crippen molar-refractivity contribution in [3.05, 3.63) is 41.7 Å². The molecule has 2 aliphatic heterocycles. The van der Waals surface area contributed by atoms with E-state index in [1.54, 1.807) is 33.2 Å². The third kappa shape index (κ3) is 4.19. The number of benzene rings is 1. The molecule has 2 aliphatic rings. The summed E-state index contributed by atoms with van der Waals surface area (Å²) in [6.07, 6.45) is 1.46. The molecule has 1 aromatic carbocycles. The summed E-state index contributed by atoms with van der Waals surface area (Å²) >= 11 is 0. The van der Waals surface area contributed by atoms with Crippen molar-refractivity contribution in [3.8, 4) is 11.8 Å². The molecule has 4 heterocycles. The predicted molar refractivity (Wildman–Crippen MR) is 123 cm³/mol. The van der Waals surface area contributed by atoms with Crippen molar-refractivity contribution in [3.63, 3.8) is 0 Å². The second-order valence-electron chi connectivity index (χ2n) is 9.04. The molecule has 2 N–H and O–H groups in total. The Kier molecular flexibility index (Phi) is 5.87. The number of anilines is 2. The molecule has 2 atom stereocenters. The highest BCUT2D eigenvalue weighted by atomic mass is 16.6. The molecule has 3 aromatic rings. The van der Waals surface area contributed by atoms with Crippen LogP contribution in [0.3, 0.4) is 0 Å². The Balaban J connectivity index is 1.52. The lowest BCUT2D eigenvalue weighted by Gasteiger charge is -2.29. The quantitative estimate of drug-likeness (QED) is 0.542. The van der Waals surface area contributed by atoms with Gasteiger partial charge >= 0.3 is 0 Å². The average Bonchev–Trinajstić information content (AvgIpc) is 3.39. The summed E-state index contributed by atoms with van der Waals surface area (Å²) < 4.78 is 24.4. The van der Waals surface area contributed by atoms with E-state index in [4.69, 9.17) is 23.9 Å². The molecule has 10 nitrogen and oxygen atoms in total. The first-order chi connectivity index (χ1) is 16.4. The smallest absolute Gasteiger partial charge is 0.229 e. The van der Waals surface area contributed by atoms with Crippen LogP contribution < -0.4 is 10.1 Å². The van der Waals surface area contributed by atoms with Crippen molar-refractivity contribution in [1.82, 2.24) is 14.5 Å². The van der Waals surface area contributed by atoms with E-state index in [2.05, 4.69) is 16.4 Å². The van der Waals surface area contributed by atoms with Crippen LogP contribution in [0, 0.1) is 11.3 Å². The van der Waals surface area contributed by atoms with Crippen LogP contribution in [0.1, 0.15) is 31.1 Å². The highest BCUT2D eigenvalue weighted by Crippen LogP contribution is 2.34. The second kappa shape index (κ2) is 8.85. The molecule has 0 bridgehead atoms. The van der Waals surface area contributed by atoms with Crippen LogP contribution in [0.25, 0.3) is 11.0 Å². The molecule has 2 saturated heterocycles. The van der Waals surface area contributed by atoms with Gasteiger partial charge < -0.3 is 33.9 Å². The highest BCUT2D eigenvalue weighted by Gasteiger charge is 2.33. The molecule has 2 fully saturated rings. The third-order valence-electron chi connectivity index (χ3n) is 6.16. The molecule has 0 spiro atoms. The normalized spacial score (nSPS) is 20.8. The predicted octanol–water partition coefficient (Wildman–Crippen LogP) is 2.64. The Morgan fingerprint density at radius 1 is 1.21 bits per heavy atom. The Bertz CT molecular complexity index is 1240. The zero-order valence-electron chi connectivity index (χ0n) is 19.3. The van der Waals surface area contributed by atoms with Gasteiger partial charge in [-0.3, -0.25) is 0 Å². The Morgan fingerprint density at radius 2 is 2.00 bits per heavy atom. The minimum absolute atomic E-state index is 0.0511. The van der Waals surface area contributed by atoms with Crippen LogP contribution in [0.2, 0.25) is 0 Å². The van der Waals surface area contributed by atoms with Crippen molar-refractivity contribution >= 4 is 22.7 Å². The molecule has 2 aromatic heterocycles. The minimum Gasteiger partial charge on any atom is -0.483 e. The lowest BCUT2D eigenvalue weighted by molar-refractivity contribution is -0.0795. The Hall–Kier alpha value is -3.23. The lowest BCUT2D eigenvalue weighted by Crippen LogP contribution is -2.38. The number of nitriles is 1. The van der Waals surface area contributed by atoms with Crippen molar-refractivity contribution < 1.29 is 24.1 Å². The molecule has 0 radical (unpaired) electrons. The van der Waals surface area contributed by atoms with E-state index in [0.29, 0.717) is 55.2 Å². The van der Waals surface area contributed by atoms with Crippen molar-refractivity contribution in [1.29, 1.82) is 5.26 Å². The maximum Gasteiger partial charge on any atom is 0.229 e. The number of nitrogens with zero attached hydrogens (tertiary/aromatic N) is 4. The largest absolute Gasteiger partial charge is 0.483 e. The summed E-state index contributed by atoms with van der Waals surface area (Å²) in [5, 5.41) is 24.2. The number of hydrogen-bond acceptors (Lipinski definition) is 9. The number of hydrogen-bond donors (Lipinski definition) is 2. The van der Waals surface area contributed by atoms with Gasteiger partial charge in [0, 0.05) is 18.7 Å². The summed E-state index contributed by atoms with van der Waals surface area (Å²) in [5.41, 5.74) is 1.47.